The van der Waals surface area contributed by atoms with E-state index in [9.17, 15) is 4.79 Å². The minimum atomic E-state index is -0.00815. The summed E-state index contributed by atoms with van der Waals surface area (Å²) in [6.07, 6.45) is 1.00. The van der Waals surface area contributed by atoms with Crippen LogP contribution in [0.2, 0.25) is 0 Å². The lowest BCUT2D eigenvalue weighted by Gasteiger charge is -2.35. The first-order chi connectivity index (χ1) is 8.97. The molecule has 2 unspecified atom stereocenters. The number of rotatable bonds is 2. The number of nitrogens with two attached hydrogens (primary N) is 1. The summed E-state index contributed by atoms with van der Waals surface area (Å²) >= 11 is 0. The summed E-state index contributed by atoms with van der Waals surface area (Å²) in [5, 5.41) is 3.15. The third-order valence-electron chi connectivity index (χ3n) is 3.93. The lowest BCUT2D eigenvalue weighted by Crippen LogP contribution is -2.49. The summed E-state index contributed by atoms with van der Waals surface area (Å²) in [7, 11) is 2.12. The van der Waals surface area contributed by atoms with E-state index in [1.165, 1.54) is 0 Å². The van der Waals surface area contributed by atoms with Crippen molar-refractivity contribution in [1.82, 2.24) is 10.2 Å². The molecule has 0 radical (unpaired) electrons. The van der Waals surface area contributed by atoms with Gasteiger partial charge in [-0.2, -0.15) is 0 Å². The Labute approximate surface area is 115 Å². The number of piperidine rings is 1. The van der Waals surface area contributed by atoms with E-state index in [1.54, 1.807) is 6.07 Å². The molecule has 1 aliphatic heterocycles. The molecule has 0 aromatic heterocycles. The van der Waals surface area contributed by atoms with E-state index in [-0.39, 0.29) is 11.9 Å². The number of nitrogen functional groups attached to an aromatic ring is 1. The van der Waals surface area contributed by atoms with Gasteiger partial charge in [0.05, 0.1) is 0 Å². The molecular formula is C15H23N3O. The van der Waals surface area contributed by atoms with Crippen molar-refractivity contribution < 1.29 is 4.79 Å². The van der Waals surface area contributed by atoms with Crippen LogP contribution < -0.4 is 11.1 Å². The van der Waals surface area contributed by atoms with Crippen LogP contribution >= 0.6 is 0 Å². The zero-order valence-corrected chi connectivity index (χ0v) is 11.9. The van der Waals surface area contributed by atoms with E-state index < -0.39 is 0 Å². The molecule has 1 amide bonds. The average Bonchev–Trinajstić information content (AvgIpc) is 2.35. The number of hydrogen-bond acceptors (Lipinski definition) is 3. The summed E-state index contributed by atoms with van der Waals surface area (Å²) in [4.78, 5) is 14.6. The number of aryl methyl sites for hydroxylation is 1. The van der Waals surface area contributed by atoms with Crippen LogP contribution in [0.3, 0.4) is 0 Å². The molecule has 1 fully saturated rings. The maximum absolute atomic E-state index is 12.3. The smallest absolute Gasteiger partial charge is 0.251 e. The first kappa shape index (κ1) is 13.9. The van der Waals surface area contributed by atoms with Gasteiger partial charge in [0.15, 0.2) is 0 Å². The molecule has 4 heteroatoms. The fourth-order valence-electron chi connectivity index (χ4n) is 2.70. The van der Waals surface area contributed by atoms with Gasteiger partial charge in [-0.25, -0.2) is 0 Å². The molecule has 4 nitrogen and oxygen atoms in total. The highest BCUT2D eigenvalue weighted by Gasteiger charge is 2.26. The van der Waals surface area contributed by atoms with Gasteiger partial charge in [-0.15, -0.1) is 0 Å². The molecule has 1 aromatic carbocycles. The molecule has 1 aromatic rings. The molecule has 2 atom stereocenters. The van der Waals surface area contributed by atoms with Gasteiger partial charge in [0, 0.05) is 23.8 Å². The van der Waals surface area contributed by atoms with E-state index in [1.807, 2.05) is 19.1 Å². The molecule has 19 heavy (non-hydrogen) atoms. The summed E-state index contributed by atoms with van der Waals surface area (Å²) in [5.74, 6) is 0.468. The molecule has 1 saturated heterocycles. The lowest BCUT2D eigenvalue weighted by atomic mass is 9.93. The molecule has 2 rings (SSSR count). The van der Waals surface area contributed by atoms with Crippen LogP contribution in [-0.2, 0) is 0 Å². The number of benzene rings is 1. The molecule has 0 spiro atoms. The number of carbonyl (C=O) groups is 1. The second kappa shape index (κ2) is 5.61. The Hall–Kier alpha value is -1.55. The Bertz CT molecular complexity index is 472. The maximum atomic E-state index is 12.3. The van der Waals surface area contributed by atoms with Gasteiger partial charge in [-0.3, -0.25) is 4.79 Å². The highest BCUT2D eigenvalue weighted by molar-refractivity contribution is 5.96. The standard InChI is InChI=1S/C15H23N3O/c1-10-4-5-12(16)8-13(10)15(19)17-14-6-7-18(3)9-11(14)2/h4-5,8,11,14H,6-7,9,16H2,1-3H3,(H,17,19). The molecule has 3 N–H and O–H groups in total. The third-order valence-corrected chi connectivity index (χ3v) is 3.93. The van der Waals surface area contributed by atoms with Gasteiger partial charge in [-0.1, -0.05) is 13.0 Å². The zero-order valence-electron chi connectivity index (χ0n) is 11.9. The predicted molar refractivity (Wildman–Crippen MR) is 78.1 cm³/mol. The highest BCUT2D eigenvalue weighted by atomic mass is 16.1. The van der Waals surface area contributed by atoms with Gasteiger partial charge in [0.2, 0.25) is 0 Å². The first-order valence-corrected chi connectivity index (χ1v) is 6.83. The number of amides is 1. The lowest BCUT2D eigenvalue weighted by molar-refractivity contribution is 0.0883. The van der Waals surface area contributed by atoms with Crippen molar-refractivity contribution in [2.24, 2.45) is 5.92 Å². The number of likely N-dealkylation sites (tertiary alicyclic amines) is 1. The molecule has 1 heterocycles. The molecule has 104 valence electrons. The fourth-order valence-corrected chi connectivity index (χ4v) is 2.70. The van der Waals surface area contributed by atoms with Gasteiger partial charge in [-0.05, 0) is 50.6 Å². The van der Waals surface area contributed by atoms with Crippen LogP contribution in [0.15, 0.2) is 18.2 Å². The predicted octanol–water partition coefficient (Wildman–Crippen LogP) is 1.65. The number of anilines is 1. The Morgan fingerprint density at radius 2 is 2.21 bits per heavy atom. The van der Waals surface area contributed by atoms with Crippen LogP contribution in [0.5, 0.6) is 0 Å². The topological polar surface area (TPSA) is 58.4 Å². The number of nitrogens with one attached hydrogen (secondary N) is 1. The number of hydrogen-bond donors (Lipinski definition) is 2. The van der Waals surface area contributed by atoms with E-state index in [2.05, 4.69) is 24.2 Å². The van der Waals surface area contributed by atoms with Gasteiger partial charge >= 0.3 is 0 Å². The maximum Gasteiger partial charge on any atom is 0.251 e. The second-order valence-electron chi connectivity index (χ2n) is 5.68. The van der Waals surface area contributed by atoms with Crippen molar-refractivity contribution in [2.75, 3.05) is 25.9 Å². The van der Waals surface area contributed by atoms with Gasteiger partial charge in [0.1, 0.15) is 0 Å². The van der Waals surface area contributed by atoms with Crippen molar-refractivity contribution in [3.63, 3.8) is 0 Å². The molecule has 0 aliphatic carbocycles. The molecule has 1 aliphatic rings. The van der Waals surface area contributed by atoms with Crippen molar-refractivity contribution >= 4 is 11.6 Å². The molecule has 0 saturated carbocycles. The van der Waals surface area contributed by atoms with Crippen molar-refractivity contribution in [2.45, 2.75) is 26.3 Å². The number of carbonyl (C=O) groups excluding carboxylic acids is 1. The average molecular weight is 261 g/mol. The Balaban J connectivity index is 2.06. The Kier molecular flexibility index (Phi) is 4.10. The van der Waals surface area contributed by atoms with Gasteiger partial charge in [0.25, 0.3) is 5.91 Å². The summed E-state index contributed by atoms with van der Waals surface area (Å²) in [5.41, 5.74) is 8.04. The summed E-state index contributed by atoms with van der Waals surface area (Å²) in [6.45, 7) is 6.19. The van der Waals surface area contributed by atoms with Crippen molar-refractivity contribution in [1.29, 1.82) is 0 Å². The third kappa shape index (κ3) is 3.26. The van der Waals surface area contributed by atoms with E-state index in [4.69, 9.17) is 5.73 Å². The van der Waals surface area contributed by atoms with Gasteiger partial charge < -0.3 is 16.0 Å². The largest absolute Gasteiger partial charge is 0.399 e. The van der Waals surface area contributed by atoms with Crippen LogP contribution in [0.1, 0.15) is 29.3 Å². The molecular weight excluding hydrogens is 238 g/mol. The van der Waals surface area contributed by atoms with Crippen LogP contribution in [0, 0.1) is 12.8 Å². The minimum absolute atomic E-state index is 0.00815. The molecule has 0 bridgehead atoms. The number of nitrogens with zero attached hydrogens (tertiary/aromatic N) is 1. The normalized spacial score (nSPS) is 24.2. The van der Waals surface area contributed by atoms with Crippen molar-refractivity contribution in [3.8, 4) is 0 Å². The minimum Gasteiger partial charge on any atom is -0.399 e. The first-order valence-electron chi connectivity index (χ1n) is 6.83. The second-order valence-corrected chi connectivity index (χ2v) is 5.68. The summed E-state index contributed by atoms with van der Waals surface area (Å²) < 4.78 is 0. The van der Waals surface area contributed by atoms with Crippen LogP contribution in [-0.4, -0.2) is 37.0 Å². The van der Waals surface area contributed by atoms with E-state index in [0.29, 0.717) is 17.2 Å². The zero-order chi connectivity index (χ0) is 14.0. The van der Waals surface area contributed by atoms with E-state index >= 15 is 0 Å². The van der Waals surface area contributed by atoms with Crippen LogP contribution in [0.25, 0.3) is 0 Å². The summed E-state index contributed by atoms with van der Waals surface area (Å²) in [6, 6.07) is 5.72. The fraction of sp³-hybridized carbons (Fsp3) is 0.533. The van der Waals surface area contributed by atoms with Crippen molar-refractivity contribution in [3.05, 3.63) is 29.3 Å². The van der Waals surface area contributed by atoms with Crippen LogP contribution in [0.4, 0.5) is 5.69 Å². The van der Waals surface area contributed by atoms with E-state index in [0.717, 1.165) is 25.1 Å². The quantitative estimate of drug-likeness (QED) is 0.796. The Morgan fingerprint density at radius 1 is 1.47 bits per heavy atom. The highest BCUT2D eigenvalue weighted by Crippen LogP contribution is 2.18. The SMILES string of the molecule is Cc1ccc(N)cc1C(=O)NC1CCN(C)CC1C. The monoisotopic (exact) mass is 261 g/mol. The Morgan fingerprint density at radius 3 is 2.89 bits per heavy atom.